The first kappa shape index (κ1) is 32.6. The SMILES string of the molecule is CCCCCCCCCC[C@H]1CO[C@H](CCc2ccc(-c3ccc(OCCCCCCCCC)cc3)nc2)OC1. The summed E-state index contributed by atoms with van der Waals surface area (Å²) in [6.45, 7) is 7.03. The number of ether oxygens (including phenoxy) is 3. The van der Waals surface area contributed by atoms with E-state index in [1.165, 1.54) is 102 Å². The molecule has 1 fully saturated rings. The maximum Gasteiger partial charge on any atom is 0.157 e. The van der Waals surface area contributed by atoms with Gasteiger partial charge in [-0.05, 0) is 55.2 Å². The van der Waals surface area contributed by atoms with Crippen molar-refractivity contribution in [2.45, 2.75) is 136 Å². The molecule has 4 nitrogen and oxygen atoms in total. The molecule has 2 heterocycles. The number of pyridine rings is 1. The molecule has 1 saturated heterocycles. The molecular weight excluding hydrogens is 494 g/mol. The second-order valence-corrected chi connectivity index (χ2v) is 11.8. The van der Waals surface area contributed by atoms with Crippen LogP contribution in [0.2, 0.25) is 0 Å². The molecule has 0 amide bonds. The lowest BCUT2D eigenvalue weighted by Gasteiger charge is -2.29. The molecule has 4 heteroatoms. The Labute approximate surface area is 245 Å². The van der Waals surface area contributed by atoms with Crippen LogP contribution in [0.3, 0.4) is 0 Å². The van der Waals surface area contributed by atoms with Crippen molar-refractivity contribution >= 4 is 0 Å². The first-order chi connectivity index (χ1) is 19.8. The largest absolute Gasteiger partial charge is 0.494 e. The number of hydrogen-bond donors (Lipinski definition) is 0. The molecule has 0 radical (unpaired) electrons. The standard InChI is InChI=1S/C36H57NO3/c1-3-5-7-9-11-12-14-16-18-32-29-39-36(40-30-32)26-20-31-19-25-35(37-28-31)33-21-23-34(24-22-33)38-27-17-15-13-10-8-6-4-2/h19,21-25,28,32,36H,3-18,20,26-27,29-30H2,1-2H3/t32-,36-. The van der Waals surface area contributed by atoms with Crippen LogP contribution < -0.4 is 4.74 Å². The van der Waals surface area contributed by atoms with Gasteiger partial charge in [0.1, 0.15) is 5.75 Å². The minimum Gasteiger partial charge on any atom is -0.494 e. The van der Waals surface area contributed by atoms with E-state index >= 15 is 0 Å². The topological polar surface area (TPSA) is 40.6 Å². The summed E-state index contributed by atoms with van der Waals surface area (Å²) in [5.74, 6) is 1.51. The van der Waals surface area contributed by atoms with Gasteiger partial charge in [0, 0.05) is 24.1 Å². The summed E-state index contributed by atoms with van der Waals surface area (Å²) in [7, 11) is 0. The van der Waals surface area contributed by atoms with E-state index in [0.29, 0.717) is 5.92 Å². The second-order valence-electron chi connectivity index (χ2n) is 11.8. The fourth-order valence-electron chi connectivity index (χ4n) is 5.48. The number of nitrogens with zero attached hydrogens (tertiary/aromatic N) is 1. The van der Waals surface area contributed by atoms with E-state index in [0.717, 1.165) is 56.1 Å². The molecule has 0 N–H and O–H groups in total. The summed E-state index contributed by atoms with van der Waals surface area (Å²) < 4.78 is 18.0. The van der Waals surface area contributed by atoms with Gasteiger partial charge in [-0.15, -0.1) is 0 Å². The third kappa shape index (κ3) is 13.6. The van der Waals surface area contributed by atoms with E-state index in [1.54, 1.807) is 0 Å². The number of aryl methyl sites for hydroxylation is 1. The lowest BCUT2D eigenvalue weighted by molar-refractivity contribution is -0.203. The van der Waals surface area contributed by atoms with Crippen molar-refractivity contribution < 1.29 is 14.2 Å². The molecule has 1 aliphatic rings. The number of aromatic nitrogens is 1. The van der Waals surface area contributed by atoms with E-state index in [4.69, 9.17) is 19.2 Å². The van der Waals surface area contributed by atoms with Crippen LogP contribution >= 0.6 is 0 Å². The van der Waals surface area contributed by atoms with Gasteiger partial charge >= 0.3 is 0 Å². The summed E-state index contributed by atoms with van der Waals surface area (Å²) >= 11 is 0. The highest BCUT2D eigenvalue weighted by Gasteiger charge is 2.21. The summed E-state index contributed by atoms with van der Waals surface area (Å²) in [6, 6.07) is 12.6. The Hall–Kier alpha value is -1.91. The van der Waals surface area contributed by atoms with Crippen LogP contribution in [0.15, 0.2) is 42.6 Å². The van der Waals surface area contributed by atoms with E-state index < -0.39 is 0 Å². The Morgan fingerprint density at radius 2 is 1.27 bits per heavy atom. The van der Waals surface area contributed by atoms with Crippen LogP contribution in [0.5, 0.6) is 5.75 Å². The minimum absolute atomic E-state index is 0.0805. The van der Waals surface area contributed by atoms with Crippen molar-refractivity contribution in [3.05, 3.63) is 48.2 Å². The first-order valence-electron chi connectivity index (χ1n) is 16.7. The quantitative estimate of drug-likeness (QED) is 0.136. The van der Waals surface area contributed by atoms with Gasteiger partial charge < -0.3 is 14.2 Å². The fraction of sp³-hybridized carbons (Fsp3) is 0.694. The van der Waals surface area contributed by atoms with E-state index in [-0.39, 0.29) is 6.29 Å². The van der Waals surface area contributed by atoms with Gasteiger partial charge in [0.15, 0.2) is 6.29 Å². The number of unbranched alkanes of at least 4 members (excludes halogenated alkanes) is 13. The van der Waals surface area contributed by atoms with E-state index in [9.17, 15) is 0 Å². The average molecular weight is 552 g/mol. The van der Waals surface area contributed by atoms with Gasteiger partial charge in [-0.1, -0.05) is 110 Å². The summed E-state index contributed by atoms with van der Waals surface area (Å²) in [5.41, 5.74) is 3.35. The van der Waals surface area contributed by atoms with Crippen molar-refractivity contribution in [2.75, 3.05) is 19.8 Å². The fourth-order valence-corrected chi connectivity index (χ4v) is 5.48. The summed E-state index contributed by atoms with van der Waals surface area (Å²) in [6.07, 6.45) is 25.1. The molecule has 2 aromatic rings. The molecule has 0 bridgehead atoms. The van der Waals surface area contributed by atoms with Crippen LogP contribution in [0, 0.1) is 5.92 Å². The Bertz CT molecular complexity index is 859. The molecule has 0 unspecified atom stereocenters. The van der Waals surface area contributed by atoms with Gasteiger partial charge in [0.05, 0.1) is 25.5 Å². The molecule has 224 valence electrons. The van der Waals surface area contributed by atoms with Crippen LogP contribution in [0.4, 0.5) is 0 Å². The van der Waals surface area contributed by atoms with E-state index in [2.05, 4.69) is 50.2 Å². The Balaban J connectivity index is 1.25. The van der Waals surface area contributed by atoms with E-state index in [1.807, 2.05) is 6.20 Å². The van der Waals surface area contributed by atoms with Gasteiger partial charge in [0.2, 0.25) is 0 Å². The highest BCUT2D eigenvalue weighted by atomic mass is 16.7. The van der Waals surface area contributed by atoms with Crippen molar-refractivity contribution in [1.82, 2.24) is 4.98 Å². The summed E-state index contributed by atoms with van der Waals surface area (Å²) in [4.78, 5) is 4.72. The van der Waals surface area contributed by atoms with Gasteiger partial charge in [-0.3, -0.25) is 4.98 Å². The maximum atomic E-state index is 6.05. The Kier molecular flexibility index (Phi) is 17.0. The number of benzene rings is 1. The molecule has 3 rings (SSSR count). The van der Waals surface area contributed by atoms with Crippen LogP contribution in [0.1, 0.15) is 129 Å². The Morgan fingerprint density at radius 3 is 1.88 bits per heavy atom. The van der Waals surface area contributed by atoms with Crippen LogP contribution in [-0.2, 0) is 15.9 Å². The van der Waals surface area contributed by atoms with Crippen molar-refractivity contribution in [2.24, 2.45) is 5.92 Å². The zero-order valence-electron chi connectivity index (χ0n) is 25.7. The summed E-state index contributed by atoms with van der Waals surface area (Å²) in [5, 5.41) is 0. The van der Waals surface area contributed by atoms with Crippen molar-refractivity contribution in [3.63, 3.8) is 0 Å². The predicted molar refractivity (Wildman–Crippen MR) is 168 cm³/mol. The number of hydrogen-bond acceptors (Lipinski definition) is 4. The second kappa shape index (κ2) is 20.9. The molecule has 0 atom stereocenters. The molecule has 0 aliphatic carbocycles. The van der Waals surface area contributed by atoms with Crippen molar-refractivity contribution in [1.29, 1.82) is 0 Å². The highest BCUT2D eigenvalue weighted by molar-refractivity contribution is 5.60. The van der Waals surface area contributed by atoms with Gasteiger partial charge in [0.25, 0.3) is 0 Å². The monoisotopic (exact) mass is 551 g/mol. The molecule has 0 saturated carbocycles. The average Bonchev–Trinajstić information content (AvgIpc) is 3.00. The van der Waals surface area contributed by atoms with Crippen LogP contribution in [-0.4, -0.2) is 31.1 Å². The molecule has 1 aliphatic heterocycles. The van der Waals surface area contributed by atoms with Gasteiger partial charge in [-0.25, -0.2) is 0 Å². The molecule has 1 aromatic carbocycles. The minimum atomic E-state index is -0.0805. The molecule has 40 heavy (non-hydrogen) atoms. The van der Waals surface area contributed by atoms with Gasteiger partial charge in [-0.2, -0.15) is 0 Å². The zero-order chi connectivity index (χ0) is 28.1. The lowest BCUT2D eigenvalue weighted by Crippen LogP contribution is -2.32. The molecular formula is C36H57NO3. The number of rotatable bonds is 22. The normalized spacial score (nSPS) is 17.2. The Morgan fingerprint density at radius 1 is 0.675 bits per heavy atom. The highest BCUT2D eigenvalue weighted by Crippen LogP contribution is 2.23. The molecule has 1 aromatic heterocycles. The smallest absolute Gasteiger partial charge is 0.157 e. The zero-order valence-corrected chi connectivity index (χ0v) is 25.7. The van der Waals surface area contributed by atoms with Crippen molar-refractivity contribution in [3.8, 4) is 17.0 Å². The lowest BCUT2D eigenvalue weighted by atomic mass is 10.0. The maximum absolute atomic E-state index is 6.05. The molecule has 0 spiro atoms. The van der Waals surface area contributed by atoms with Crippen LogP contribution in [0.25, 0.3) is 11.3 Å². The predicted octanol–water partition coefficient (Wildman–Crippen LogP) is 10.3. The third-order valence-corrected chi connectivity index (χ3v) is 8.16. The third-order valence-electron chi connectivity index (χ3n) is 8.16. The first-order valence-corrected chi connectivity index (χ1v) is 16.7.